The highest BCUT2D eigenvalue weighted by Gasteiger charge is 2.41. The van der Waals surface area contributed by atoms with Crippen LogP contribution in [0.15, 0.2) is 24.3 Å². The Kier molecular flexibility index (Phi) is 11.4. The van der Waals surface area contributed by atoms with Gasteiger partial charge in [0, 0.05) is 81.3 Å². The van der Waals surface area contributed by atoms with Crippen LogP contribution >= 0.6 is 0 Å². The minimum Gasteiger partial charge on any atom is -0.457 e. The molecule has 320 valence electrons. The summed E-state index contributed by atoms with van der Waals surface area (Å²) in [4.78, 5) is 0. The van der Waals surface area contributed by atoms with Crippen molar-refractivity contribution < 1.29 is 48.1 Å². The number of benzene rings is 4. The van der Waals surface area contributed by atoms with Gasteiger partial charge in [0.2, 0.25) is 27.2 Å². The fourth-order valence-corrected chi connectivity index (χ4v) is 10.8. The summed E-state index contributed by atoms with van der Waals surface area (Å²) in [5.41, 5.74) is 23.8. The molecule has 1 aliphatic carbocycles. The van der Waals surface area contributed by atoms with Crippen molar-refractivity contribution in [2.45, 2.75) is 129 Å². The molecule has 6 N–H and O–H groups in total. The van der Waals surface area contributed by atoms with Crippen LogP contribution in [-0.2, 0) is 26.3 Å². The first-order valence-electron chi connectivity index (χ1n) is 21.9. The fraction of sp³-hybridized carbons (Fsp3) is 0.500. The molecule has 60 heavy (non-hydrogen) atoms. The van der Waals surface area contributed by atoms with Crippen molar-refractivity contribution in [1.29, 1.82) is 0 Å². The van der Waals surface area contributed by atoms with Gasteiger partial charge in [0.25, 0.3) is 0 Å². The first kappa shape index (κ1) is 40.5. The zero-order valence-electron chi connectivity index (χ0n) is 35.2. The van der Waals surface area contributed by atoms with E-state index in [2.05, 4.69) is 52.0 Å². The molecule has 0 saturated carbocycles. The van der Waals surface area contributed by atoms with Gasteiger partial charge in [0.05, 0.1) is 35.5 Å². The Balaban J connectivity index is 1.50. The molecule has 4 aliphatic heterocycles. The molecule has 4 aromatic rings. The van der Waals surface area contributed by atoms with Crippen molar-refractivity contribution in [3.8, 4) is 46.0 Å². The van der Waals surface area contributed by atoms with Crippen LogP contribution in [0, 0.1) is 0 Å². The van der Waals surface area contributed by atoms with Crippen LogP contribution in [0.2, 0.25) is 0 Å². The van der Waals surface area contributed by atoms with Crippen molar-refractivity contribution >= 4 is 0 Å². The van der Waals surface area contributed by atoms with Crippen molar-refractivity contribution in [3.05, 3.63) is 91.0 Å². The van der Waals surface area contributed by atoms with E-state index >= 15 is 0 Å². The van der Waals surface area contributed by atoms with Crippen molar-refractivity contribution in [2.24, 2.45) is 11.5 Å². The molecule has 0 aromatic heterocycles. The van der Waals surface area contributed by atoms with Gasteiger partial charge >= 0.3 is 0 Å². The number of ether oxygens (including phenoxy) is 8. The van der Waals surface area contributed by atoms with Crippen LogP contribution in [0.25, 0.3) is 0 Å². The van der Waals surface area contributed by atoms with Gasteiger partial charge in [-0.25, -0.2) is 0 Å². The summed E-state index contributed by atoms with van der Waals surface area (Å²) in [6.45, 7) is 7.92. The van der Waals surface area contributed by atoms with Gasteiger partial charge in [-0.3, -0.25) is 0 Å². The minimum absolute atomic E-state index is 0.122. The number of aliphatic hydroxyl groups excluding tert-OH is 2. The first-order chi connectivity index (χ1) is 29.5. The van der Waals surface area contributed by atoms with E-state index in [1.165, 1.54) is 0 Å². The monoisotopic (exact) mass is 822 g/mol. The predicted octanol–water partition coefficient (Wildman–Crippen LogP) is 8.54. The van der Waals surface area contributed by atoms with Crippen molar-refractivity contribution in [2.75, 3.05) is 27.2 Å². The van der Waals surface area contributed by atoms with E-state index in [1.807, 2.05) is 0 Å². The lowest BCUT2D eigenvalue weighted by Gasteiger charge is -2.37. The Hall–Kier alpha value is -4.88. The van der Waals surface area contributed by atoms with Crippen molar-refractivity contribution in [3.63, 3.8) is 0 Å². The van der Waals surface area contributed by atoms with Gasteiger partial charge in [0.1, 0.15) is 46.0 Å². The highest BCUT2D eigenvalue weighted by Crippen LogP contribution is 2.58. The van der Waals surface area contributed by atoms with Crippen LogP contribution in [0.4, 0.5) is 0 Å². The Morgan fingerprint density at radius 2 is 0.583 bits per heavy atom. The third-order valence-electron chi connectivity index (χ3n) is 13.2. The lowest BCUT2D eigenvalue weighted by Crippen LogP contribution is -2.26. The second-order valence-corrected chi connectivity index (χ2v) is 16.5. The Labute approximate surface area is 352 Å². The second kappa shape index (κ2) is 16.9. The Morgan fingerprint density at radius 3 is 0.750 bits per heavy atom. The third-order valence-corrected chi connectivity index (χ3v) is 13.2. The summed E-state index contributed by atoms with van der Waals surface area (Å²) in [6, 6.07) is 9.04. The van der Waals surface area contributed by atoms with E-state index in [0.29, 0.717) is 57.1 Å². The molecular formula is C48H58N2O10. The molecule has 9 rings (SSSR count). The van der Waals surface area contributed by atoms with Crippen LogP contribution < -0.4 is 49.4 Å². The molecule has 0 fully saturated rings. The van der Waals surface area contributed by atoms with E-state index < -0.39 is 0 Å². The fourth-order valence-electron chi connectivity index (χ4n) is 10.8. The molecular weight excluding hydrogens is 765 g/mol. The summed E-state index contributed by atoms with van der Waals surface area (Å²) in [5.74, 6) is 3.95. The van der Waals surface area contributed by atoms with Gasteiger partial charge in [-0.1, -0.05) is 53.4 Å². The maximum Gasteiger partial charge on any atom is 0.230 e. The number of hydrogen-bond donors (Lipinski definition) is 4. The molecule has 4 unspecified atom stereocenters. The summed E-state index contributed by atoms with van der Waals surface area (Å²) in [6.07, 6.45) is 6.48. The number of aliphatic hydroxyl groups is 2. The van der Waals surface area contributed by atoms with E-state index in [-0.39, 0.29) is 77.1 Å². The quantitative estimate of drug-likeness (QED) is 0.108. The standard InChI is InChI=1S/C48H58N2O10/c1-5-9-25-29-13-30-26(10-6-2)35-16-36-28(12-8-4)32-14-31-27(11-7-3)34-15-33(25)45-39(19-51)46(34)58-23-55-43(31)38(18-50)44(32)56-24-60-48(36)40(20-52)47(35)59-22-54-42(30)37(17-49)41(29)53-21-57-45/h13-16,25-28,51-52H,5-12,17-24,49-50H2,1-4H3. The zero-order valence-corrected chi connectivity index (χ0v) is 35.2. The lowest BCUT2D eigenvalue weighted by atomic mass is 9.74. The molecule has 4 aromatic carbocycles. The summed E-state index contributed by atoms with van der Waals surface area (Å²) in [5, 5.41) is 22.6. The molecule has 0 radical (unpaired) electrons. The minimum atomic E-state index is -0.314. The first-order valence-corrected chi connectivity index (χ1v) is 21.9. The number of hydrogen-bond acceptors (Lipinski definition) is 12. The van der Waals surface area contributed by atoms with Gasteiger partial charge in [0.15, 0.2) is 0 Å². The average molecular weight is 823 g/mol. The summed E-state index contributed by atoms with van der Waals surface area (Å²) < 4.78 is 52.8. The third kappa shape index (κ3) is 6.32. The predicted molar refractivity (Wildman–Crippen MR) is 225 cm³/mol. The smallest absolute Gasteiger partial charge is 0.230 e. The maximum absolute atomic E-state index is 11.3. The van der Waals surface area contributed by atoms with Crippen LogP contribution in [0.1, 0.15) is 169 Å². The normalized spacial score (nSPS) is 20.3. The Morgan fingerprint density at radius 1 is 0.383 bits per heavy atom. The van der Waals surface area contributed by atoms with Crippen LogP contribution in [-0.4, -0.2) is 37.4 Å². The molecule has 12 heteroatoms. The number of rotatable bonds is 12. The van der Waals surface area contributed by atoms with E-state index in [1.54, 1.807) is 0 Å². The molecule has 8 bridgehead atoms. The van der Waals surface area contributed by atoms with Gasteiger partial charge in [-0.05, 0) is 49.9 Å². The summed E-state index contributed by atoms with van der Waals surface area (Å²) in [7, 11) is 0. The summed E-state index contributed by atoms with van der Waals surface area (Å²) >= 11 is 0. The second-order valence-electron chi connectivity index (χ2n) is 16.5. The van der Waals surface area contributed by atoms with Crippen molar-refractivity contribution in [1.82, 2.24) is 0 Å². The zero-order chi connectivity index (χ0) is 41.7. The lowest BCUT2D eigenvalue weighted by molar-refractivity contribution is 0.0913. The largest absolute Gasteiger partial charge is 0.457 e. The number of nitrogens with two attached hydrogens (primary N) is 2. The molecule has 0 amide bonds. The molecule has 4 atom stereocenters. The van der Waals surface area contributed by atoms with Gasteiger partial charge in [-0.15, -0.1) is 0 Å². The maximum atomic E-state index is 11.3. The van der Waals surface area contributed by atoms with Gasteiger partial charge < -0.3 is 59.6 Å². The topological polar surface area (TPSA) is 166 Å². The van der Waals surface area contributed by atoms with Gasteiger partial charge in [-0.2, -0.15) is 0 Å². The van der Waals surface area contributed by atoms with E-state index in [0.717, 1.165) is 107 Å². The molecule has 4 heterocycles. The van der Waals surface area contributed by atoms with E-state index in [9.17, 15) is 10.2 Å². The molecule has 5 aliphatic rings. The highest BCUT2D eigenvalue weighted by molar-refractivity contribution is 5.69. The van der Waals surface area contributed by atoms with Crippen LogP contribution in [0.3, 0.4) is 0 Å². The molecule has 12 nitrogen and oxygen atoms in total. The SMILES string of the molecule is CCCC1c2cc3c4c(CN)c2OCOc2c1cc1c(c2CO)OCOc2c(cc5c(c2CN)OCOc2c(cc(c(c2CO)OCO4)C3CCC)C5CCC)C1CCC. The molecule has 0 saturated heterocycles. The van der Waals surface area contributed by atoms with E-state index in [4.69, 9.17) is 49.4 Å². The average Bonchev–Trinajstić information content (AvgIpc) is 3.24. The van der Waals surface area contributed by atoms with Crippen LogP contribution in [0.5, 0.6) is 46.0 Å². The highest BCUT2D eigenvalue weighted by atomic mass is 16.7. The molecule has 0 spiro atoms. The Bertz CT molecular complexity index is 1850.